The van der Waals surface area contributed by atoms with Gasteiger partial charge in [-0.3, -0.25) is 9.79 Å². The van der Waals surface area contributed by atoms with E-state index in [2.05, 4.69) is 10.3 Å². The van der Waals surface area contributed by atoms with Gasteiger partial charge in [-0.15, -0.1) is 0 Å². The number of carbonyl (C=O) groups is 1. The number of amides is 1. The van der Waals surface area contributed by atoms with E-state index in [4.69, 9.17) is 0 Å². The summed E-state index contributed by atoms with van der Waals surface area (Å²) in [5.41, 5.74) is 1.91. The molecule has 1 aromatic rings. The Balaban J connectivity index is 1.84. The van der Waals surface area contributed by atoms with Gasteiger partial charge >= 0.3 is 0 Å². The first-order valence-corrected chi connectivity index (χ1v) is 6.09. The van der Waals surface area contributed by atoms with Crippen molar-refractivity contribution in [1.29, 1.82) is 0 Å². The highest BCUT2D eigenvalue weighted by Gasteiger charge is 2.12. The molecule has 1 heterocycles. The molecule has 0 saturated heterocycles. The number of aryl methyl sites for hydroxylation is 1. The summed E-state index contributed by atoms with van der Waals surface area (Å²) in [6.45, 7) is 3.66. The van der Waals surface area contributed by atoms with E-state index in [1.807, 2.05) is 37.4 Å². The average molecular weight is 230 g/mol. The molecule has 1 aliphatic rings. The molecule has 1 aliphatic heterocycles. The zero-order chi connectivity index (χ0) is 12.1. The number of hydrogen-bond acceptors (Lipinski definition) is 2. The van der Waals surface area contributed by atoms with Gasteiger partial charge in [-0.2, -0.15) is 0 Å². The summed E-state index contributed by atoms with van der Waals surface area (Å²) in [7, 11) is 0. The Morgan fingerprint density at radius 1 is 1.41 bits per heavy atom. The van der Waals surface area contributed by atoms with Crippen LogP contribution < -0.4 is 5.32 Å². The van der Waals surface area contributed by atoms with E-state index < -0.39 is 0 Å². The highest BCUT2D eigenvalue weighted by molar-refractivity contribution is 5.94. The molecule has 1 amide bonds. The van der Waals surface area contributed by atoms with Gasteiger partial charge in [0.2, 0.25) is 0 Å². The second-order valence-electron chi connectivity index (χ2n) is 4.56. The van der Waals surface area contributed by atoms with Crippen molar-refractivity contribution in [3.8, 4) is 0 Å². The van der Waals surface area contributed by atoms with Crippen LogP contribution in [0.1, 0.15) is 28.8 Å². The van der Waals surface area contributed by atoms with Crippen molar-refractivity contribution in [2.45, 2.75) is 19.8 Å². The van der Waals surface area contributed by atoms with E-state index in [1.165, 1.54) is 5.56 Å². The number of hydrogen-bond donors (Lipinski definition) is 1. The largest absolute Gasteiger partial charge is 0.352 e. The molecule has 17 heavy (non-hydrogen) atoms. The molecule has 1 atom stereocenters. The van der Waals surface area contributed by atoms with Crippen LogP contribution in [0.25, 0.3) is 0 Å². The molecule has 1 N–H and O–H groups in total. The molecule has 1 aromatic carbocycles. The van der Waals surface area contributed by atoms with Crippen LogP contribution in [0.15, 0.2) is 29.3 Å². The molecule has 1 unspecified atom stereocenters. The molecule has 0 aliphatic carbocycles. The highest BCUT2D eigenvalue weighted by Crippen LogP contribution is 2.10. The van der Waals surface area contributed by atoms with E-state index in [9.17, 15) is 4.79 Å². The maximum atomic E-state index is 11.9. The normalized spacial score (nSPS) is 19.0. The van der Waals surface area contributed by atoms with Gasteiger partial charge < -0.3 is 5.32 Å². The first-order chi connectivity index (χ1) is 8.25. The SMILES string of the molecule is Cc1ccc(C(=O)NCC2CC=NCC2)cc1. The summed E-state index contributed by atoms with van der Waals surface area (Å²) >= 11 is 0. The first-order valence-electron chi connectivity index (χ1n) is 6.09. The molecule has 0 bridgehead atoms. The Kier molecular flexibility index (Phi) is 3.91. The topological polar surface area (TPSA) is 41.5 Å². The minimum absolute atomic E-state index is 0.0208. The lowest BCUT2D eigenvalue weighted by atomic mass is 10.00. The van der Waals surface area contributed by atoms with Gasteiger partial charge in [0.1, 0.15) is 0 Å². The highest BCUT2D eigenvalue weighted by atomic mass is 16.1. The van der Waals surface area contributed by atoms with Gasteiger partial charge in [0.05, 0.1) is 0 Å². The summed E-state index contributed by atoms with van der Waals surface area (Å²) in [4.78, 5) is 16.0. The summed E-state index contributed by atoms with van der Waals surface area (Å²) in [5.74, 6) is 0.564. The van der Waals surface area contributed by atoms with Crippen molar-refractivity contribution >= 4 is 12.1 Å². The standard InChI is InChI=1S/C14H18N2O/c1-11-2-4-13(5-3-11)14(17)16-10-12-6-8-15-9-7-12/h2-5,8,12H,6-7,9-10H2,1H3,(H,16,17). The second-order valence-corrected chi connectivity index (χ2v) is 4.56. The van der Waals surface area contributed by atoms with Gasteiger partial charge in [-0.1, -0.05) is 17.7 Å². The number of aliphatic imine (C=N–C) groups is 1. The third-order valence-electron chi connectivity index (χ3n) is 3.10. The molecular formula is C14H18N2O. The van der Waals surface area contributed by atoms with Crippen LogP contribution in [0.3, 0.4) is 0 Å². The minimum Gasteiger partial charge on any atom is -0.352 e. The lowest BCUT2D eigenvalue weighted by Gasteiger charge is -2.17. The third-order valence-corrected chi connectivity index (χ3v) is 3.10. The Morgan fingerprint density at radius 2 is 2.18 bits per heavy atom. The van der Waals surface area contributed by atoms with Gasteiger partial charge in [-0.25, -0.2) is 0 Å². The van der Waals surface area contributed by atoms with E-state index in [-0.39, 0.29) is 5.91 Å². The van der Waals surface area contributed by atoms with E-state index in [1.54, 1.807) is 0 Å². The van der Waals surface area contributed by atoms with Crippen molar-refractivity contribution in [1.82, 2.24) is 5.32 Å². The number of rotatable bonds is 3. The van der Waals surface area contributed by atoms with Crippen LogP contribution in [0.4, 0.5) is 0 Å². The van der Waals surface area contributed by atoms with Crippen LogP contribution in [-0.4, -0.2) is 25.2 Å². The number of carbonyl (C=O) groups excluding carboxylic acids is 1. The smallest absolute Gasteiger partial charge is 0.251 e. The van der Waals surface area contributed by atoms with Crippen LogP contribution in [0, 0.1) is 12.8 Å². The van der Waals surface area contributed by atoms with Crippen LogP contribution >= 0.6 is 0 Å². The van der Waals surface area contributed by atoms with E-state index in [0.29, 0.717) is 5.92 Å². The molecule has 0 spiro atoms. The quantitative estimate of drug-likeness (QED) is 0.849. The minimum atomic E-state index is 0.0208. The van der Waals surface area contributed by atoms with Crippen molar-refractivity contribution in [3.63, 3.8) is 0 Å². The predicted octanol–water partition coefficient (Wildman–Crippen LogP) is 2.21. The maximum absolute atomic E-state index is 11.9. The first kappa shape index (κ1) is 11.8. The summed E-state index contributed by atoms with van der Waals surface area (Å²) in [6, 6.07) is 7.66. The molecule has 3 nitrogen and oxygen atoms in total. The summed E-state index contributed by atoms with van der Waals surface area (Å²) in [6.07, 6.45) is 4.02. The Morgan fingerprint density at radius 3 is 2.82 bits per heavy atom. The summed E-state index contributed by atoms with van der Waals surface area (Å²) < 4.78 is 0. The second kappa shape index (κ2) is 5.62. The molecular weight excluding hydrogens is 212 g/mol. The van der Waals surface area contributed by atoms with Crippen LogP contribution in [0.5, 0.6) is 0 Å². The van der Waals surface area contributed by atoms with Gasteiger partial charge in [0.25, 0.3) is 5.91 Å². The molecule has 3 heteroatoms. The molecule has 90 valence electrons. The van der Waals surface area contributed by atoms with Gasteiger partial charge in [-0.05, 0) is 44.0 Å². The lowest BCUT2D eigenvalue weighted by molar-refractivity contribution is 0.0946. The van der Waals surface area contributed by atoms with Gasteiger partial charge in [0.15, 0.2) is 0 Å². The fraction of sp³-hybridized carbons (Fsp3) is 0.429. The monoisotopic (exact) mass is 230 g/mol. The Labute approximate surface area is 102 Å². The fourth-order valence-corrected chi connectivity index (χ4v) is 1.92. The Bertz CT molecular complexity index is 409. The zero-order valence-corrected chi connectivity index (χ0v) is 10.1. The fourth-order valence-electron chi connectivity index (χ4n) is 1.92. The zero-order valence-electron chi connectivity index (χ0n) is 10.1. The predicted molar refractivity (Wildman–Crippen MR) is 69.6 cm³/mol. The summed E-state index contributed by atoms with van der Waals surface area (Å²) in [5, 5.41) is 2.99. The number of nitrogens with zero attached hydrogens (tertiary/aromatic N) is 1. The number of benzene rings is 1. The third kappa shape index (κ3) is 3.41. The molecule has 0 saturated carbocycles. The van der Waals surface area contributed by atoms with Crippen molar-refractivity contribution < 1.29 is 4.79 Å². The van der Waals surface area contributed by atoms with E-state index >= 15 is 0 Å². The van der Waals surface area contributed by atoms with Gasteiger partial charge in [0, 0.05) is 18.7 Å². The maximum Gasteiger partial charge on any atom is 0.251 e. The van der Waals surface area contributed by atoms with Crippen LogP contribution in [-0.2, 0) is 0 Å². The molecule has 2 rings (SSSR count). The van der Waals surface area contributed by atoms with Crippen molar-refractivity contribution in [2.24, 2.45) is 10.9 Å². The number of nitrogens with one attached hydrogen (secondary N) is 1. The van der Waals surface area contributed by atoms with Crippen molar-refractivity contribution in [3.05, 3.63) is 35.4 Å². The molecule has 0 radical (unpaired) electrons. The average Bonchev–Trinajstić information content (AvgIpc) is 2.38. The lowest BCUT2D eigenvalue weighted by Crippen LogP contribution is -2.30. The molecule has 0 aromatic heterocycles. The Hall–Kier alpha value is -1.64. The van der Waals surface area contributed by atoms with Crippen LogP contribution in [0.2, 0.25) is 0 Å². The van der Waals surface area contributed by atoms with Crippen molar-refractivity contribution in [2.75, 3.05) is 13.1 Å². The molecule has 0 fully saturated rings. The van der Waals surface area contributed by atoms with E-state index in [0.717, 1.165) is 31.5 Å².